The number of pyridine rings is 1. The molecule has 1 aliphatic heterocycles. The average Bonchev–Trinajstić information content (AvgIpc) is 2.37. The van der Waals surface area contributed by atoms with Gasteiger partial charge in [0.2, 0.25) is 0 Å². The highest BCUT2D eigenvalue weighted by molar-refractivity contribution is 6.33. The van der Waals surface area contributed by atoms with Gasteiger partial charge in [0.25, 0.3) is 0 Å². The molecule has 0 saturated carbocycles. The van der Waals surface area contributed by atoms with E-state index < -0.39 is 11.7 Å². The molecule has 0 radical (unpaired) electrons. The predicted octanol–water partition coefficient (Wildman–Crippen LogP) is 2.94. The van der Waals surface area contributed by atoms with Gasteiger partial charge in [-0.2, -0.15) is 13.2 Å². The maximum Gasteiger partial charge on any atom is 0.417 e. The van der Waals surface area contributed by atoms with Crippen molar-refractivity contribution >= 4 is 17.4 Å². The summed E-state index contributed by atoms with van der Waals surface area (Å²) in [7, 11) is 1.87. The second kappa shape index (κ2) is 5.54. The Morgan fingerprint density at radius 3 is 2.79 bits per heavy atom. The van der Waals surface area contributed by atoms with Crippen LogP contribution in [0.1, 0.15) is 18.4 Å². The second-order valence-corrected chi connectivity index (χ2v) is 5.01. The van der Waals surface area contributed by atoms with E-state index >= 15 is 0 Å². The van der Waals surface area contributed by atoms with Crippen LogP contribution in [0, 0.1) is 0 Å². The highest BCUT2D eigenvalue weighted by Crippen LogP contribution is 2.34. The van der Waals surface area contributed by atoms with Crippen molar-refractivity contribution < 1.29 is 13.2 Å². The zero-order valence-electron chi connectivity index (χ0n) is 10.5. The Morgan fingerprint density at radius 2 is 2.21 bits per heavy atom. The third kappa shape index (κ3) is 3.30. The Kier molecular flexibility index (Phi) is 4.20. The smallest absolute Gasteiger partial charge is 0.354 e. The Morgan fingerprint density at radius 1 is 1.47 bits per heavy atom. The van der Waals surface area contributed by atoms with Gasteiger partial charge in [0.15, 0.2) is 0 Å². The number of likely N-dealkylation sites (N-methyl/N-ethyl adjacent to an activating group) is 1. The van der Waals surface area contributed by atoms with Crippen molar-refractivity contribution in [3.8, 4) is 0 Å². The highest BCUT2D eigenvalue weighted by atomic mass is 35.5. The van der Waals surface area contributed by atoms with E-state index in [-0.39, 0.29) is 5.02 Å². The zero-order chi connectivity index (χ0) is 14.0. The Balaban J connectivity index is 2.21. The molecule has 19 heavy (non-hydrogen) atoms. The summed E-state index contributed by atoms with van der Waals surface area (Å²) in [5.41, 5.74) is -0.816. The lowest BCUT2D eigenvalue weighted by Gasteiger charge is -2.33. The normalized spacial score (nSPS) is 20.7. The lowest BCUT2D eigenvalue weighted by Crippen LogP contribution is -2.44. The van der Waals surface area contributed by atoms with Crippen LogP contribution < -0.4 is 10.2 Å². The summed E-state index contributed by atoms with van der Waals surface area (Å²) in [5.74, 6) is 0.426. The molecule has 1 aromatic rings. The number of halogens is 4. The molecule has 0 aliphatic carbocycles. The number of hydrogen-bond acceptors (Lipinski definition) is 3. The van der Waals surface area contributed by atoms with Gasteiger partial charge >= 0.3 is 6.18 Å². The van der Waals surface area contributed by atoms with E-state index in [9.17, 15) is 13.2 Å². The van der Waals surface area contributed by atoms with Crippen LogP contribution in [-0.2, 0) is 6.18 Å². The number of piperidine rings is 1. The van der Waals surface area contributed by atoms with Crippen molar-refractivity contribution in [1.82, 2.24) is 10.3 Å². The lowest BCUT2D eigenvalue weighted by atomic mass is 10.1. The van der Waals surface area contributed by atoms with Gasteiger partial charge in [-0.05, 0) is 26.0 Å². The Labute approximate surface area is 114 Å². The quantitative estimate of drug-likeness (QED) is 0.909. The van der Waals surface area contributed by atoms with Crippen LogP contribution in [0.3, 0.4) is 0 Å². The number of alkyl halides is 3. The summed E-state index contributed by atoms with van der Waals surface area (Å²) in [5, 5.41) is 3.21. The van der Waals surface area contributed by atoms with E-state index in [0.29, 0.717) is 18.4 Å². The monoisotopic (exact) mass is 293 g/mol. The van der Waals surface area contributed by atoms with Crippen LogP contribution >= 0.6 is 11.6 Å². The minimum Gasteiger partial charge on any atom is -0.354 e. The molecule has 2 rings (SSSR count). The molecule has 1 saturated heterocycles. The molecule has 1 atom stereocenters. The van der Waals surface area contributed by atoms with E-state index in [0.717, 1.165) is 31.6 Å². The lowest BCUT2D eigenvalue weighted by molar-refractivity contribution is -0.137. The third-order valence-electron chi connectivity index (χ3n) is 3.28. The van der Waals surface area contributed by atoms with E-state index in [4.69, 9.17) is 11.6 Å². The first-order chi connectivity index (χ1) is 8.91. The highest BCUT2D eigenvalue weighted by Gasteiger charge is 2.32. The molecule has 2 heterocycles. The summed E-state index contributed by atoms with van der Waals surface area (Å²) in [6, 6.07) is 1.25. The fraction of sp³-hybridized carbons (Fsp3) is 0.583. The van der Waals surface area contributed by atoms with Crippen LogP contribution in [0.15, 0.2) is 12.3 Å². The number of anilines is 1. The second-order valence-electron chi connectivity index (χ2n) is 4.60. The first kappa shape index (κ1) is 14.4. The van der Waals surface area contributed by atoms with E-state index in [1.807, 2.05) is 11.9 Å². The van der Waals surface area contributed by atoms with Gasteiger partial charge in [-0.1, -0.05) is 11.6 Å². The van der Waals surface area contributed by atoms with Crippen molar-refractivity contribution in [1.29, 1.82) is 0 Å². The first-order valence-electron chi connectivity index (χ1n) is 6.06. The number of nitrogens with zero attached hydrogens (tertiary/aromatic N) is 2. The minimum atomic E-state index is -4.41. The van der Waals surface area contributed by atoms with Gasteiger partial charge < -0.3 is 10.2 Å². The topological polar surface area (TPSA) is 28.2 Å². The third-order valence-corrected chi connectivity index (χ3v) is 3.56. The van der Waals surface area contributed by atoms with Crippen molar-refractivity contribution in [3.63, 3.8) is 0 Å². The predicted molar refractivity (Wildman–Crippen MR) is 68.5 cm³/mol. The standard InChI is InChI=1S/C12H15ClF3N3/c1-17-9-3-2-4-19(7-9)11-10(13)5-8(6-18-11)12(14,15)16/h5-6,9,17H,2-4,7H2,1H3. The van der Waals surface area contributed by atoms with Crippen molar-refractivity contribution in [2.45, 2.75) is 25.1 Å². The molecule has 3 nitrogen and oxygen atoms in total. The fourth-order valence-corrected chi connectivity index (χ4v) is 2.51. The Hall–Kier alpha value is -1.01. The summed E-state index contributed by atoms with van der Waals surface area (Å²) in [6.07, 6.45) is -1.56. The maximum absolute atomic E-state index is 12.5. The zero-order valence-corrected chi connectivity index (χ0v) is 11.2. The average molecular weight is 294 g/mol. The van der Waals surface area contributed by atoms with Crippen LogP contribution in [0.2, 0.25) is 5.02 Å². The maximum atomic E-state index is 12.5. The molecule has 1 N–H and O–H groups in total. The van der Waals surface area contributed by atoms with Gasteiger partial charge in [0, 0.05) is 25.3 Å². The molecule has 0 aromatic carbocycles. The molecular weight excluding hydrogens is 279 g/mol. The summed E-state index contributed by atoms with van der Waals surface area (Å²) in [4.78, 5) is 5.81. The van der Waals surface area contributed by atoms with Crippen LogP contribution in [-0.4, -0.2) is 31.2 Å². The molecule has 0 spiro atoms. The molecule has 1 aliphatic rings. The van der Waals surface area contributed by atoms with Gasteiger partial charge in [-0.15, -0.1) is 0 Å². The summed E-state index contributed by atoms with van der Waals surface area (Å²) >= 11 is 5.94. The number of hydrogen-bond donors (Lipinski definition) is 1. The number of rotatable bonds is 2. The Bertz CT molecular complexity index is 450. The molecule has 1 unspecified atom stereocenters. The van der Waals surface area contributed by atoms with Crippen molar-refractivity contribution in [3.05, 3.63) is 22.8 Å². The molecular formula is C12H15ClF3N3. The number of nitrogens with one attached hydrogen (secondary N) is 1. The van der Waals surface area contributed by atoms with Crippen LogP contribution in [0.25, 0.3) is 0 Å². The van der Waals surface area contributed by atoms with Gasteiger partial charge in [0.1, 0.15) is 5.82 Å². The van der Waals surface area contributed by atoms with E-state index in [2.05, 4.69) is 10.3 Å². The molecule has 0 bridgehead atoms. The molecule has 1 aromatic heterocycles. The SMILES string of the molecule is CNC1CCCN(c2ncc(C(F)(F)F)cc2Cl)C1. The molecule has 0 amide bonds. The minimum absolute atomic E-state index is 0.0478. The summed E-state index contributed by atoms with van der Waals surface area (Å²) < 4.78 is 37.6. The van der Waals surface area contributed by atoms with Gasteiger partial charge in [0.05, 0.1) is 10.6 Å². The van der Waals surface area contributed by atoms with Gasteiger partial charge in [-0.25, -0.2) is 4.98 Å². The fourth-order valence-electron chi connectivity index (χ4n) is 2.22. The van der Waals surface area contributed by atoms with Crippen molar-refractivity contribution in [2.24, 2.45) is 0 Å². The molecule has 7 heteroatoms. The largest absolute Gasteiger partial charge is 0.417 e. The van der Waals surface area contributed by atoms with Gasteiger partial charge in [-0.3, -0.25) is 0 Å². The van der Waals surface area contributed by atoms with Crippen LogP contribution in [0.5, 0.6) is 0 Å². The van der Waals surface area contributed by atoms with Crippen LogP contribution in [0.4, 0.5) is 19.0 Å². The van der Waals surface area contributed by atoms with Crippen molar-refractivity contribution in [2.75, 3.05) is 25.0 Å². The van der Waals surface area contributed by atoms with E-state index in [1.54, 1.807) is 0 Å². The molecule has 106 valence electrons. The summed E-state index contributed by atoms with van der Waals surface area (Å²) in [6.45, 7) is 1.46. The molecule has 1 fully saturated rings. The number of aromatic nitrogens is 1. The first-order valence-corrected chi connectivity index (χ1v) is 6.44. The van der Waals surface area contributed by atoms with E-state index in [1.165, 1.54) is 0 Å².